The molecule has 1 amide bonds. The van der Waals surface area contributed by atoms with Gasteiger partial charge in [0.1, 0.15) is 5.75 Å². The minimum atomic E-state index is -2.74. The van der Waals surface area contributed by atoms with E-state index in [4.69, 9.17) is 26.2 Å². The molecule has 0 aliphatic rings. The number of likely N-dealkylation sites (N-methyl/N-ethyl adjacent to an activating group) is 1. The molecule has 1 rings (SSSR count). The Kier molecular flexibility index (Phi) is 4.70. The molecule has 6 nitrogen and oxygen atoms in total. The van der Waals surface area contributed by atoms with Gasteiger partial charge in [-0.3, -0.25) is 4.79 Å². The van der Waals surface area contributed by atoms with E-state index in [1.807, 2.05) is 0 Å². The normalized spacial score (nSPS) is 14.0. The molecule has 0 spiro atoms. The summed E-state index contributed by atoms with van der Waals surface area (Å²) in [5.74, 6) is -0.779. The Morgan fingerprint density at radius 1 is 1.52 bits per heavy atom. The zero-order valence-corrected chi connectivity index (χ0v) is 12.9. The van der Waals surface area contributed by atoms with Crippen molar-refractivity contribution in [2.45, 2.75) is 13.8 Å². The number of anilines is 1. The summed E-state index contributed by atoms with van der Waals surface area (Å²) >= 11 is 5.90. The number of hydrogen-bond donors (Lipinski definition) is 2. The van der Waals surface area contributed by atoms with Crippen LogP contribution in [0.1, 0.15) is 28.3 Å². The number of hydrogen-bond acceptors (Lipinski definition) is 4. The summed E-state index contributed by atoms with van der Waals surface area (Å²) < 4.78 is 25.9. The van der Waals surface area contributed by atoms with E-state index in [0.717, 1.165) is 0 Å². The molecule has 118 valence electrons. The monoisotopic (exact) mass is 318 g/mol. The number of quaternary nitrogens is 1. The van der Waals surface area contributed by atoms with Gasteiger partial charge in [-0.2, -0.15) is 0 Å². The summed E-state index contributed by atoms with van der Waals surface area (Å²) in [6.07, 6.45) is 0. The summed E-state index contributed by atoms with van der Waals surface area (Å²) in [6.45, 7) is 4.69. The highest BCUT2D eigenvalue weighted by atomic mass is 35.5. The van der Waals surface area contributed by atoms with Crippen LogP contribution < -0.4 is 15.8 Å². The number of nitrogen functional groups attached to an aromatic ring is 1. The van der Waals surface area contributed by atoms with E-state index in [1.165, 1.54) is 12.1 Å². The van der Waals surface area contributed by atoms with Crippen molar-refractivity contribution in [3.63, 3.8) is 0 Å². The molecule has 1 aromatic carbocycles. The number of nitrogens with two attached hydrogens (primary N) is 1. The van der Waals surface area contributed by atoms with Crippen molar-refractivity contribution in [1.82, 2.24) is 5.32 Å². The number of carbonyl (C=O) groups excluding carboxylic acids is 1. The first kappa shape index (κ1) is 13.2. The number of rotatable bonds is 7. The summed E-state index contributed by atoms with van der Waals surface area (Å²) in [4.78, 5) is 12.3. The first-order valence-electron chi connectivity index (χ1n) is 8.14. The fourth-order valence-corrected chi connectivity index (χ4v) is 2.00. The van der Waals surface area contributed by atoms with Gasteiger partial charge >= 0.3 is 0 Å². The van der Waals surface area contributed by atoms with Gasteiger partial charge in [0.15, 0.2) is 0 Å². The number of nitrogens with zero attached hydrogens (tertiary/aromatic N) is 1. The molecule has 1 aromatic rings. The minimum absolute atomic E-state index is 0.0534. The predicted molar refractivity (Wildman–Crippen MR) is 84.3 cm³/mol. The average molecular weight is 319 g/mol. The van der Waals surface area contributed by atoms with Gasteiger partial charge in [0.2, 0.25) is 0 Å². The maximum Gasteiger partial charge on any atom is 0.255 e. The van der Waals surface area contributed by atoms with Crippen LogP contribution in [0.15, 0.2) is 12.1 Å². The Hall–Kier alpha value is -1.50. The van der Waals surface area contributed by atoms with E-state index in [-0.39, 0.29) is 35.1 Å². The molecule has 0 fully saturated rings. The van der Waals surface area contributed by atoms with Crippen LogP contribution in [-0.2, 0) is 0 Å². The second-order valence-electron chi connectivity index (χ2n) is 4.64. The molecule has 3 N–H and O–H groups in total. The van der Waals surface area contributed by atoms with Crippen LogP contribution in [-0.4, -0.2) is 43.8 Å². The number of hydroxylamine groups is 3. The Morgan fingerprint density at radius 3 is 2.76 bits per heavy atom. The summed E-state index contributed by atoms with van der Waals surface area (Å²) in [5.41, 5.74) is 5.67. The van der Waals surface area contributed by atoms with Crippen molar-refractivity contribution in [1.29, 1.82) is 0 Å². The summed E-state index contributed by atoms with van der Waals surface area (Å²) in [7, 11) is -2.74. The smallest absolute Gasteiger partial charge is 0.255 e. The quantitative estimate of drug-likeness (QED) is 0.457. The van der Waals surface area contributed by atoms with Gasteiger partial charge in [-0.1, -0.05) is 11.6 Å². The van der Waals surface area contributed by atoms with Gasteiger partial charge < -0.3 is 25.6 Å². The van der Waals surface area contributed by atoms with E-state index in [2.05, 4.69) is 5.32 Å². The minimum Gasteiger partial charge on any atom is -0.633 e. The van der Waals surface area contributed by atoms with Crippen LogP contribution in [0.25, 0.3) is 0 Å². The molecule has 0 heterocycles. The summed E-state index contributed by atoms with van der Waals surface area (Å²) in [6, 6.07) is 2.43. The molecule has 21 heavy (non-hydrogen) atoms. The number of carbonyl (C=O) groups is 1. The molecule has 0 atom stereocenters. The van der Waals surface area contributed by atoms with Crippen molar-refractivity contribution >= 4 is 23.2 Å². The Bertz CT molecular complexity index is 593. The van der Waals surface area contributed by atoms with Gasteiger partial charge in [-0.25, -0.2) is 0 Å². The molecule has 0 unspecified atom stereocenters. The predicted octanol–water partition coefficient (Wildman–Crippen LogP) is 2.01. The molecular weight excluding hydrogens is 294 g/mol. The van der Waals surface area contributed by atoms with Crippen LogP contribution in [0.4, 0.5) is 5.69 Å². The zero-order valence-electron chi connectivity index (χ0n) is 15.1. The SMILES string of the molecule is [2H]C([2H])([2H])Oc1cc(N)c(Cl)cc1C(=O)NCC[N+]([O-])(CC)CC. The Balaban J connectivity index is 2.91. The van der Waals surface area contributed by atoms with Crippen molar-refractivity contribution < 1.29 is 18.3 Å². The molecule has 0 bridgehead atoms. The lowest BCUT2D eigenvalue weighted by atomic mass is 10.1. The molecule has 0 aliphatic carbocycles. The number of nitrogens with one attached hydrogen (secondary N) is 1. The van der Waals surface area contributed by atoms with Crippen molar-refractivity contribution in [3.8, 4) is 5.75 Å². The van der Waals surface area contributed by atoms with Gasteiger partial charge in [-0.05, 0) is 19.9 Å². The number of halogens is 1. The van der Waals surface area contributed by atoms with Crippen LogP contribution in [0.5, 0.6) is 5.75 Å². The standard InChI is InChI=1S/C14H22ClN3O3/c1-4-18(20,5-2)7-6-17-14(19)10-8-11(15)12(16)9-13(10)21-3/h8-9H,4-7,16H2,1-3H3,(H,17,19)/i3D3. The highest BCUT2D eigenvalue weighted by Crippen LogP contribution is 2.28. The fourth-order valence-electron chi connectivity index (χ4n) is 1.84. The highest BCUT2D eigenvalue weighted by Gasteiger charge is 2.16. The molecule has 0 aromatic heterocycles. The summed E-state index contributed by atoms with van der Waals surface area (Å²) in [5, 5.41) is 14.8. The van der Waals surface area contributed by atoms with Crippen molar-refractivity contribution in [2.24, 2.45) is 0 Å². The Labute approximate surface area is 134 Å². The first-order valence-corrected chi connectivity index (χ1v) is 7.02. The third-order valence-corrected chi connectivity index (χ3v) is 3.74. The topological polar surface area (TPSA) is 87.4 Å². The lowest BCUT2D eigenvalue weighted by molar-refractivity contribution is -0.875. The lowest BCUT2D eigenvalue weighted by Crippen LogP contribution is -2.46. The third-order valence-electron chi connectivity index (χ3n) is 3.41. The van der Waals surface area contributed by atoms with Gasteiger partial charge in [0.05, 0.1) is 53.6 Å². The molecule has 0 aliphatic heterocycles. The number of amides is 1. The van der Waals surface area contributed by atoms with Gasteiger partial charge in [0, 0.05) is 6.07 Å². The van der Waals surface area contributed by atoms with E-state index < -0.39 is 17.6 Å². The Morgan fingerprint density at radius 2 is 2.19 bits per heavy atom. The van der Waals surface area contributed by atoms with Crippen LogP contribution in [0.2, 0.25) is 5.02 Å². The third kappa shape index (κ3) is 4.49. The largest absolute Gasteiger partial charge is 0.633 e. The molecule has 0 saturated heterocycles. The van der Waals surface area contributed by atoms with Gasteiger partial charge in [-0.15, -0.1) is 0 Å². The molecule has 0 saturated carbocycles. The maximum absolute atomic E-state index is 12.3. The molecular formula is C14H22ClN3O3. The maximum atomic E-state index is 12.3. The van der Waals surface area contributed by atoms with E-state index >= 15 is 0 Å². The van der Waals surface area contributed by atoms with Crippen LogP contribution in [0, 0.1) is 5.21 Å². The molecule has 0 radical (unpaired) electrons. The fraction of sp³-hybridized carbons (Fsp3) is 0.500. The number of methoxy groups -OCH3 is 1. The second kappa shape index (κ2) is 7.49. The zero-order chi connectivity index (χ0) is 18.5. The van der Waals surface area contributed by atoms with Crippen LogP contribution >= 0.6 is 11.6 Å². The average Bonchev–Trinajstić information content (AvgIpc) is 2.48. The van der Waals surface area contributed by atoms with Crippen LogP contribution in [0.3, 0.4) is 0 Å². The van der Waals surface area contributed by atoms with Gasteiger partial charge in [0.25, 0.3) is 5.91 Å². The van der Waals surface area contributed by atoms with Crippen molar-refractivity contribution in [2.75, 3.05) is 39.0 Å². The lowest BCUT2D eigenvalue weighted by Gasteiger charge is -2.41. The second-order valence-corrected chi connectivity index (χ2v) is 5.05. The van der Waals surface area contributed by atoms with Crippen molar-refractivity contribution in [3.05, 3.63) is 27.9 Å². The number of ether oxygens (including phenoxy) is 1. The van der Waals surface area contributed by atoms with E-state index in [9.17, 15) is 10.0 Å². The molecule has 7 heteroatoms. The number of benzene rings is 1. The first-order chi connectivity index (χ1) is 11.0. The van der Waals surface area contributed by atoms with E-state index in [0.29, 0.717) is 13.1 Å². The van der Waals surface area contributed by atoms with E-state index in [1.54, 1.807) is 13.8 Å². The highest BCUT2D eigenvalue weighted by molar-refractivity contribution is 6.33.